The second kappa shape index (κ2) is 6.92. The fourth-order valence-electron chi connectivity index (χ4n) is 4.32. The number of ether oxygens (including phenoxy) is 1. The summed E-state index contributed by atoms with van der Waals surface area (Å²) in [4.78, 5) is 17.9. The van der Waals surface area contributed by atoms with Gasteiger partial charge in [0.25, 0.3) is 0 Å². The molecule has 2 atom stereocenters. The molecule has 0 bridgehead atoms. The molecule has 7 nitrogen and oxygen atoms in total. The van der Waals surface area contributed by atoms with Gasteiger partial charge in [0.05, 0.1) is 12.9 Å². The number of carbonyl (C=O) groups is 1. The van der Waals surface area contributed by atoms with Crippen LogP contribution in [0.15, 0.2) is 58.3 Å². The molecule has 29 heavy (non-hydrogen) atoms. The number of fused-ring (bicyclic) bond motifs is 1. The highest BCUT2D eigenvalue weighted by molar-refractivity contribution is 6.00. The van der Waals surface area contributed by atoms with Gasteiger partial charge >= 0.3 is 0 Å². The number of allylic oxidation sites excluding steroid dienone is 2. The molecule has 0 radical (unpaired) electrons. The summed E-state index contributed by atoms with van der Waals surface area (Å²) in [5, 5.41) is 7.95. The largest absolute Gasteiger partial charge is 0.494 e. The van der Waals surface area contributed by atoms with Gasteiger partial charge < -0.3 is 14.5 Å². The number of ketones is 1. The average molecular weight is 390 g/mol. The molecule has 1 N–H and O–H groups in total. The van der Waals surface area contributed by atoms with Gasteiger partial charge in [0.1, 0.15) is 23.4 Å². The van der Waals surface area contributed by atoms with Crippen molar-refractivity contribution in [1.29, 1.82) is 0 Å². The number of aromatic nitrogens is 3. The number of nitrogens with zero attached hydrogens (tertiary/aromatic N) is 3. The minimum Gasteiger partial charge on any atom is -0.494 e. The van der Waals surface area contributed by atoms with Gasteiger partial charge in [-0.2, -0.15) is 10.1 Å². The number of para-hydroxylation sites is 1. The second-order valence-electron chi connectivity index (χ2n) is 7.36. The van der Waals surface area contributed by atoms with Crippen LogP contribution in [-0.4, -0.2) is 27.2 Å². The van der Waals surface area contributed by atoms with Gasteiger partial charge in [-0.3, -0.25) is 4.79 Å². The number of furan rings is 1. The van der Waals surface area contributed by atoms with Crippen molar-refractivity contribution in [1.82, 2.24) is 14.8 Å². The Balaban J connectivity index is 1.65. The Hall–Kier alpha value is -3.35. The van der Waals surface area contributed by atoms with E-state index >= 15 is 0 Å². The lowest BCUT2D eigenvalue weighted by molar-refractivity contribution is -0.117. The van der Waals surface area contributed by atoms with Gasteiger partial charge in [0.15, 0.2) is 5.78 Å². The molecule has 0 unspecified atom stereocenters. The van der Waals surface area contributed by atoms with Crippen molar-refractivity contribution in [3.05, 3.63) is 71.1 Å². The molecule has 0 saturated carbocycles. The van der Waals surface area contributed by atoms with Gasteiger partial charge in [0.2, 0.25) is 5.95 Å². The van der Waals surface area contributed by atoms with Crippen molar-refractivity contribution in [2.45, 2.75) is 38.6 Å². The number of rotatable bonds is 4. The van der Waals surface area contributed by atoms with Crippen LogP contribution in [-0.2, 0) is 4.79 Å². The van der Waals surface area contributed by atoms with E-state index in [1.54, 1.807) is 10.9 Å². The lowest BCUT2D eigenvalue weighted by atomic mass is 9.79. The third-order valence-electron chi connectivity index (χ3n) is 5.48. The molecule has 0 fully saturated rings. The standard InChI is InChI=1S/C22H22N4O3/c1-3-28-19-8-5-4-7-15(19)21-20-16(24-22-23-13(2)25-26(21)22)11-14(12-17(20)27)18-9-6-10-29-18/h4-10,14,21H,3,11-12H2,1-2H3,(H,23,24,25)/t14-,21+/m0/s1. The maximum absolute atomic E-state index is 13.4. The normalized spacial score (nSPS) is 20.8. The fraction of sp³-hybridized carbons (Fsp3) is 0.318. The molecule has 3 heterocycles. The monoisotopic (exact) mass is 390 g/mol. The smallest absolute Gasteiger partial charge is 0.226 e. The molecule has 3 aromatic rings. The van der Waals surface area contributed by atoms with E-state index in [1.807, 2.05) is 50.2 Å². The van der Waals surface area contributed by atoms with Crippen LogP contribution in [0, 0.1) is 6.92 Å². The highest BCUT2D eigenvalue weighted by atomic mass is 16.5. The fourth-order valence-corrected chi connectivity index (χ4v) is 4.32. The number of anilines is 1. The van der Waals surface area contributed by atoms with Crippen LogP contribution in [0.25, 0.3) is 0 Å². The van der Waals surface area contributed by atoms with E-state index in [1.165, 1.54) is 0 Å². The van der Waals surface area contributed by atoms with Crippen molar-refractivity contribution in [2.75, 3.05) is 11.9 Å². The summed E-state index contributed by atoms with van der Waals surface area (Å²) in [6, 6.07) is 11.3. The van der Waals surface area contributed by atoms with Crippen LogP contribution in [0.5, 0.6) is 5.75 Å². The van der Waals surface area contributed by atoms with E-state index in [2.05, 4.69) is 15.4 Å². The number of Topliss-reactive ketones (excluding diaryl/α,β-unsaturated/α-hetero) is 1. The molecule has 0 saturated heterocycles. The Morgan fingerprint density at radius 3 is 2.90 bits per heavy atom. The van der Waals surface area contributed by atoms with Crippen LogP contribution in [0.3, 0.4) is 0 Å². The summed E-state index contributed by atoms with van der Waals surface area (Å²) in [5.41, 5.74) is 2.54. The van der Waals surface area contributed by atoms with Crippen LogP contribution in [0.2, 0.25) is 0 Å². The third-order valence-corrected chi connectivity index (χ3v) is 5.48. The molecule has 1 aliphatic heterocycles. The highest BCUT2D eigenvalue weighted by Gasteiger charge is 2.41. The van der Waals surface area contributed by atoms with Crippen LogP contribution in [0.1, 0.15) is 48.9 Å². The first-order valence-electron chi connectivity index (χ1n) is 9.87. The molecule has 7 heteroatoms. The van der Waals surface area contributed by atoms with Crippen molar-refractivity contribution in [3.8, 4) is 5.75 Å². The number of hydrogen-bond donors (Lipinski definition) is 1. The summed E-state index contributed by atoms with van der Waals surface area (Å²) in [6.07, 6.45) is 2.75. The summed E-state index contributed by atoms with van der Waals surface area (Å²) in [5.74, 6) is 3.00. The van der Waals surface area contributed by atoms with E-state index in [4.69, 9.17) is 9.15 Å². The van der Waals surface area contributed by atoms with Crippen molar-refractivity contribution in [3.63, 3.8) is 0 Å². The second-order valence-corrected chi connectivity index (χ2v) is 7.36. The first kappa shape index (κ1) is 17.7. The van der Waals surface area contributed by atoms with Gasteiger partial charge in [0, 0.05) is 29.2 Å². The van der Waals surface area contributed by atoms with Crippen LogP contribution < -0.4 is 10.1 Å². The Morgan fingerprint density at radius 1 is 1.24 bits per heavy atom. The zero-order valence-corrected chi connectivity index (χ0v) is 16.4. The maximum Gasteiger partial charge on any atom is 0.226 e. The Morgan fingerprint density at radius 2 is 2.10 bits per heavy atom. The number of hydrogen-bond acceptors (Lipinski definition) is 6. The topological polar surface area (TPSA) is 82.2 Å². The van der Waals surface area contributed by atoms with E-state index in [0.29, 0.717) is 31.2 Å². The molecule has 1 aromatic carbocycles. The highest BCUT2D eigenvalue weighted by Crippen LogP contribution is 2.45. The minimum absolute atomic E-state index is 0.0158. The molecular weight excluding hydrogens is 368 g/mol. The Bertz CT molecular complexity index is 1100. The van der Waals surface area contributed by atoms with Crippen molar-refractivity contribution < 1.29 is 13.9 Å². The Labute approximate surface area is 168 Å². The van der Waals surface area contributed by atoms with Gasteiger partial charge in [-0.05, 0) is 38.5 Å². The quantitative estimate of drug-likeness (QED) is 0.725. The molecular formula is C22H22N4O3. The molecule has 1 aliphatic carbocycles. The summed E-state index contributed by atoms with van der Waals surface area (Å²) in [7, 11) is 0. The van der Waals surface area contributed by atoms with E-state index in [9.17, 15) is 4.79 Å². The summed E-state index contributed by atoms with van der Waals surface area (Å²) >= 11 is 0. The predicted octanol–water partition coefficient (Wildman–Crippen LogP) is 3.99. The molecule has 0 amide bonds. The zero-order chi connectivity index (χ0) is 20.0. The van der Waals surface area contributed by atoms with Crippen molar-refractivity contribution in [2.24, 2.45) is 0 Å². The SMILES string of the molecule is CCOc1ccccc1[C@@H]1C2=C(C[C@H](c3ccco3)CC2=O)Nc2nc(C)nn21. The lowest BCUT2D eigenvalue weighted by Crippen LogP contribution is -2.33. The van der Waals surface area contributed by atoms with E-state index in [0.717, 1.165) is 28.3 Å². The molecule has 148 valence electrons. The zero-order valence-electron chi connectivity index (χ0n) is 16.4. The first-order valence-corrected chi connectivity index (χ1v) is 9.87. The maximum atomic E-state index is 13.4. The molecule has 0 spiro atoms. The number of aryl methyl sites for hydroxylation is 1. The molecule has 5 rings (SSSR count). The van der Waals surface area contributed by atoms with E-state index in [-0.39, 0.29) is 17.7 Å². The number of carbonyl (C=O) groups excluding carboxylic acids is 1. The molecule has 2 aliphatic rings. The van der Waals surface area contributed by atoms with Crippen molar-refractivity contribution >= 4 is 11.7 Å². The first-order chi connectivity index (χ1) is 14.2. The third kappa shape index (κ3) is 2.93. The predicted molar refractivity (Wildman–Crippen MR) is 107 cm³/mol. The van der Waals surface area contributed by atoms with E-state index < -0.39 is 0 Å². The minimum atomic E-state index is -0.366. The average Bonchev–Trinajstić information content (AvgIpc) is 3.36. The van der Waals surface area contributed by atoms with Crippen LogP contribution >= 0.6 is 0 Å². The molecule has 2 aromatic heterocycles. The van der Waals surface area contributed by atoms with Gasteiger partial charge in [-0.25, -0.2) is 4.68 Å². The number of nitrogens with one attached hydrogen (secondary N) is 1. The lowest BCUT2D eigenvalue weighted by Gasteiger charge is -2.35. The Kier molecular flexibility index (Phi) is 4.23. The van der Waals surface area contributed by atoms with Gasteiger partial charge in [-0.15, -0.1) is 0 Å². The van der Waals surface area contributed by atoms with Crippen LogP contribution in [0.4, 0.5) is 5.95 Å². The van der Waals surface area contributed by atoms with Gasteiger partial charge in [-0.1, -0.05) is 18.2 Å². The number of benzene rings is 1. The summed E-state index contributed by atoms with van der Waals surface area (Å²) in [6.45, 7) is 4.35. The summed E-state index contributed by atoms with van der Waals surface area (Å²) < 4.78 is 13.3.